The third kappa shape index (κ3) is 3.45. The number of carbonyl (C=O) groups is 1. The van der Waals surface area contributed by atoms with E-state index in [1.54, 1.807) is 0 Å². The summed E-state index contributed by atoms with van der Waals surface area (Å²) < 4.78 is 0. The zero-order valence-electron chi connectivity index (χ0n) is 11.6. The summed E-state index contributed by atoms with van der Waals surface area (Å²) in [6.07, 6.45) is 2.20. The minimum Gasteiger partial charge on any atom is -0.481 e. The van der Waals surface area contributed by atoms with Crippen LogP contribution in [-0.4, -0.2) is 34.0 Å². The smallest absolute Gasteiger partial charge is 0.309 e. The van der Waals surface area contributed by atoms with Crippen LogP contribution < -0.4 is 0 Å². The van der Waals surface area contributed by atoms with Crippen molar-refractivity contribution < 1.29 is 20.1 Å². The standard InChI is InChI=1S/C14H26O4/c1-13(2,3)10-4-6-14(7-5-10,12(17)18)8-11(16)9-15/h10-11,15-16H,4-9H2,1-3H3,(H,17,18). The van der Waals surface area contributed by atoms with E-state index in [1.165, 1.54) is 0 Å². The maximum atomic E-state index is 11.5. The molecule has 4 heteroatoms. The number of hydrogen-bond donors (Lipinski definition) is 3. The molecule has 106 valence electrons. The summed E-state index contributed by atoms with van der Waals surface area (Å²) in [5.74, 6) is -0.293. The second kappa shape index (κ2) is 5.57. The molecule has 1 fully saturated rings. The predicted octanol–water partition coefficient (Wildman–Crippen LogP) is 2.04. The van der Waals surface area contributed by atoms with E-state index in [0.717, 1.165) is 12.8 Å². The lowest BCUT2D eigenvalue weighted by atomic mass is 9.62. The van der Waals surface area contributed by atoms with E-state index < -0.39 is 17.5 Å². The van der Waals surface area contributed by atoms with Crippen molar-refractivity contribution in [1.29, 1.82) is 0 Å². The zero-order valence-corrected chi connectivity index (χ0v) is 11.6. The van der Waals surface area contributed by atoms with Crippen molar-refractivity contribution in [2.45, 2.75) is 59.0 Å². The number of carboxylic acids is 1. The Morgan fingerprint density at radius 1 is 1.33 bits per heavy atom. The highest BCUT2D eigenvalue weighted by atomic mass is 16.4. The van der Waals surface area contributed by atoms with E-state index >= 15 is 0 Å². The molecule has 3 N–H and O–H groups in total. The fourth-order valence-electron chi connectivity index (χ4n) is 3.06. The average Bonchev–Trinajstić information content (AvgIpc) is 2.28. The first-order valence-corrected chi connectivity index (χ1v) is 6.73. The van der Waals surface area contributed by atoms with Crippen LogP contribution in [0.4, 0.5) is 0 Å². The molecule has 1 rings (SSSR count). The van der Waals surface area contributed by atoms with Crippen LogP contribution in [0, 0.1) is 16.7 Å². The van der Waals surface area contributed by atoms with Crippen molar-refractivity contribution in [2.75, 3.05) is 6.61 Å². The topological polar surface area (TPSA) is 77.8 Å². The van der Waals surface area contributed by atoms with E-state index in [0.29, 0.717) is 18.8 Å². The minimum atomic E-state index is -0.924. The molecule has 1 aliphatic rings. The number of carboxylic acid groups (broad SMARTS) is 1. The van der Waals surface area contributed by atoms with E-state index in [-0.39, 0.29) is 18.4 Å². The summed E-state index contributed by atoms with van der Waals surface area (Å²) in [6, 6.07) is 0. The average molecular weight is 258 g/mol. The molecular formula is C14H26O4. The van der Waals surface area contributed by atoms with Crippen molar-refractivity contribution in [1.82, 2.24) is 0 Å². The summed E-state index contributed by atoms with van der Waals surface area (Å²) in [6.45, 7) is 6.20. The normalized spacial score (nSPS) is 31.1. The van der Waals surface area contributed by atoms with Gasteiger partial charge in [-0.1, -0.05) is 20.8 Å². The third-order valence-corrected chi connectivity index (χ3v) is 4.46. The van der Waals surface area contributed by atoms with Gasteiger partial charge in [0, 0.05) is 0 Å². The Balaban J connectivity index is 2.72. The molecule has 0 bridgehead atoms. The monoisotopic (exact) mass is 258 g/mol. The lowest BCUT2D eigenvalue weighted by Gasteiger charge is -2.42. The molecule has 0 radical (unpaired) electrons. The van der Waals surface area contributed by atoms with Crippen LogP contribution in [0.2, 0.25) is 0 Å². The molecule has 18 heavy (non-hydrogen) atoms. The van der Waals surface area contributed by atoms with Crippen LogP contribution >= 0.6 is 0 Å². The van der Waals surface area contributed by atoms with Gasteiger partial charge in [0.05, 0.1) is 18.1 Å². The highest BCUT2D eigenvalue weighted by Crippen LogP contribution is 2.47. The minimum absolute atomic E-state index is 0.162. The molecule has 1 saturated carbocycles. The van der Waals surface area contributed by atoms with Crippen LogP contribution in [0.15, 0.2) is 0 Å². The van der Waals surface area contributed by atoms with Gasteiger partial charge in [-0.15, -0.1) is 0 Å². The molecular weight excluding hydrogens is 232 g/mol. The molecule has 0 aliphatic heterocycles. The molecule has 1 aliphatic carbocycles. The number of rotatable bonds is 4. The molecule has 1 unspecified atom stereocenters. The van der Waals surface area contributed by atoms with Crippen LogP contribution in [-0.2, 0) is 4.79 Å². The van der Waals surface area contributed by atoms with Crippen molar-refractivity contribution in [3.8, 4) is 0 Å². The van der Waals surface area contributed by atoms with Crippen molar-refractivity contribution in [2.24, 2.45) is 16.7 Å². The van der Waals surface area contributed by atoms with E-state index in [9.17, 15) is 15.0 Å². The molecule has 4 nitrogen and oxygen atoms in total. The van der Waals surface area contributed by atoms with Gasteiger partial charge in [0.2, 0.25) is 0 Å². The summed E-state index contributed by atoms with van der Waals surface area (Å²) in [4.78, 5) is 11.5. The highest BCUT2D eigenvalue weighted by molar-refractivity contribution is 5.74. The molecule has 0 amide bonds. The van der Waals surface area contributed by atoms with Gasteiger partial charge >= 0.3 is 5.97 Å². The Hall–Kier alpha value is -0.610. The first kappa shape index (κ1) is 15.4. The second-order valence-electron chi connectivity index (χ2n) is 6.77. The van der Waals surface area contributed by atoms with Gasteiger partial charge in [0.15, 0.2) is 0 Å². The summed E-state index contributed by atoms with van der Waals surface area (Å²) in [7, 11) is 0. The van der Waals surface area contributed by atoms with Crippen LogP contribution in [0.1, 0.15) is 52.9 Å². The maximum Gasteiger partial charge on any atom is 0.309 e. The first-order valence-electron chi connectivity index (χ1n) is 6.73. The first-order chi connectivity index (χ1) is 8.21. The van der Waals surface area contributed by atoms with E-state index in [4.69, 9.17) is 5.11 Å². The van der Waals surface area contributed by atoms with Gasteiger partial charge in [0.1, 0.15) is 0 Å². The number of aliphatic hydroxyl groups is 2. The van der Waals surface area contributed by atoms with Gasteiger partial charge in [-0.3, -0.25) is 4.79 Å². The van der Waals surface area contributed by atoms with E-state index in [1.807, 2.05) is 0 Å². The number of aliphatic hydroxyl groups excluding tert-OH is 2. The maximum absolute atomic E-state index is 11.5. The molecule has 0 saturated heterocycles. The quantitative estimate of drug-likeness (QED) is 0.721. The molecule has 0 aromatic carbocycles. The van der Waals surface area contributed by atoms with Crippen LogP contribution in [0.25, 0.3) is 0 Å². The fourth-order valence-corrected chi connectivity index (χ4v) is 3.06. The lowest BCUT2D eigenvalue weighted by molar-refractivity contribution is -0.155. The highest BCUT2D eigenvalue weighted by Gasteiger charge is 2.44. The predicted molar refractivity (Wildman–Crippen MR) is 69.2 cm³/mol. The Kier molecular flexibility index (Phi) is 4.78. The Labute approximate surface area is 109 Å². The zero-order chi connectivity index (χ0) is 14.0. The SMILES string of the molecule is CC(C)(C)C1CCC(CC(O)CO)(C(=O)O)CC1. The van der Waals surface area contributed by atoms with Gasteiger partial charge in [-0.2, -0.15) is 0 Å². The van der Waals surface area contributed by atoms with Gasteiger partial charge in [-0.25, -0.2) is 0 Å². The van der Waals surface area contributed by atoms with Gasteiger partial charge < -0.3 is 15.3 Å². The Morgan fingerprint density at radius 3 is 2.17 bits per heavy atom. The third-order valence-electron chi connectivity index (χ3n) is 4.46. The summed E-state index contributed by atoms with van der Waals surface area (Å²) in [5, 5.41) is 27.9. The Morgan fingerprint density at radius 2 is 1.83 bits per heavy atom. The van der Waals surface area contributed by atoms with Gasteiger partial charge in [-0.05, 0) is 43.4 Å². The molecule has 0 aromatic rings. The summed E-state index contributed by atoms with van der Waals surface area (Å²) >= 11 is 0. The number of hydrogen-bond acceptors (Lipinski definition) is 3. The fraction of sp³-hybridized carbons (Fsp3) is 0.929. The summed E-state index contributed by atoms with van der Waals surface area (Å²) in [5.41, 5.74) is -0.635. The molecule has 0 aromatic heterocycles. The lowest BCUT2D eigenvalue weighted by Crippen LogP contribution is -2.41. The van der Waals surface area contributed by atoms with Gasteiger partial charge in [0.25, 0.3) is 0 Å². The molecule has 1 atom stereocenters. The van der Waals surface area contributed by atoms with Crippen LogP contribution in [0.3, 0.4) is 0 Å². The van der Waals surface area contributed by atoms with E-state index in [2.05, 4.69) is 20.8 Å². The molecule has 0 spiro atoms. The van der Waals surface area contributed by atoms with Crippen molar-refractivity contribution >= 4 is 5.97 Å². The van der Waals surface area contributed by atoms with Crippen molar-refractivity contribution in [3.05, 3.63) is 0 Å². The second-order valence-corrected chi connectivity index (χ2v) is 6.77. The molecule has 0 heterocycles. The Bertz CT molecular complexity index is 285. The largest absolute Gasteiger partial charge is 0.481 e. The number of aliphatic carboxylic acids is 1. The van der Waals surface area contributed by atoms with Crippen LogP contribution in [0.5, 0.6) is 0 Å². The van der Waals surface area contributed by atoms with Crippen molar-refractivity contribution in [3.63, 3.8) is 0 Å².